The van der Waals surface area contributed by atoms with Crippen molar-refractivity contribution >= 4 is 6.09 Å². The van der Waals surface area contributed by atoms with Gasteiger partial charge in [-0.05, 0) is 40.0 Å². The number of piperidine rings is 1. The van der Waals surface area contributed by atoms with Crippen molar-refractivity contribution in [3.05, 3.63) is 18.4 Å². The summed E-state index contributed by atoms with van der Waals surface area (Å²) >= 11 is 0. The Hall–Kier alpha value is -1.52. The third-order valence-electron chi connectivity index (χ3n) is 2.92. The molecule has 2 rings (SSSR count). The molecule has 5 heteroatoms. The van der Waals surface area contributed by atoms with Crippen LogP contribution < -0.4 is 0 Å². The van der Waals surface area contributed by atoms with E-state index in [0.717, 1.165) is 25.0 Å². The predicted octanol–water partition coefficient (Wildman–Crippen LogP) is 3.14. The molecule has 1 fully saturated rings. The van der Waals surface area contributed by atoms with E-state index in [9.17, 15) is 4.79 Å². The molecule has 1 aromatic rings. The summed E-state index contributed by atoms with van der Waals surface area (Å²) in [4.78, 5) is 18.1. The fourth-order valence-electron chi connectivity index (χ4n) is 2.16. The van der Waals surface area contributed by atoms with Crippen molar-refractivity contribution in [3.63, 3.8) is 0 Å². The van der Waals surface area contributed by atoms with Gasteiger partial charge in [0.2, 0.25) is 0 Å². The van der Waals surface area contributed by atoms with E-state index in [4.69, 9.17) is 9.15 Å². The van der Waals surface area contributed by atoms with Crippen LogP contribution in [0.25, 0.3) is 0 Å². The van der Waals surface area contributed by atoms with Crippen LogP contribution in [0.3, 0.4) is 0 Å². The Morgan fingerprint density at radius 3 is 2.89 bits per heavy atom. The molecule has 1 aromatic heterocycles. The second-order valence-corrected chi connectivity index (χ2v) is 5.60. The van der Waals surface area contributed by atoms with Crippen molar-refractivity contribution in [2.45, 2.75) is 51.7 Å². The lowest BCUT2D eigenvalue weighted by molar-refractivity contribution is 0.00901. The van der Waals surface area contributed by atoms with Gasteiger partial charge in [-0.2, -0.15) is 0 Å². The van der Waals surface area contributed by atoms with Crippen LogP contribution in [-0.2, 0) is 4.74 Å². The average Bonchev–Trinajstić information content (AvgIpc) is 2.80. The molecular weight excluding hydrogens is 232 g/mol. The zero-order chi connectivity index (χ0) is 13.2. The average molecular weight is 252 g/mol. The molecule has 0 unspecified atom stereocenters. The highest BCUT2D eigenvalue weighted by molar-refractivity contribution is 5.68. The Labute approximate surface area is 107 Å². The van der Waals surface area contributed by atoms with Crippen LogP contribution in [0.4, 0.5) is 4.79 Å². The lowest BCUT2D eigenvalue weighted by Gasteiger charge is -2.35. The molecule has 0 radical (unpaired) electrons. The summed E-state index contributed by atoms with van der Waals surface area (Å²) in [6.07, 6.45) is 5.75. The molecule has 0 aromatic carbocycles. The van der Waals surface area contributed by atoms with Gasteiger partial charge in [0.15, 0.2) is 6.39 Å². The molecule has 1 saturated heterocycles. The standard InChI is InChI=1S/C13H20N2O3/c1-13(2,3)18-12(16)15-7-5-4-6-11(15)10-8-17-9-14-10/h8-9,11H,4-7H2,1-3H3/t11-/m1/s1. The molecule has 1 amide bonds. The number of ether oxygens (including phenoxy) is 1. The van der Waals surface area contributed by atoms with Crippen LogP contribution in [0.1, 0.15) is 51.8 Å². The van der Waals surface area contributed by atoms with Gasteiger partial charge in [-0.1, -0.05) is 0 Å². The van der Waals surface area contributed by atoms with Gasteiger partial charge in [0, 0.05) is 6.54 Å². The van der Waals surface area contributed by atoms with Gasteiger partial charge in [0.25, 0.3) is 0 Å². The van der Waals surface area contributed by atoms with Crippen LogP contribution in [0, 0.1) is 0 Å². The van der Waals surface area contributed by atoms with Gasteiger partial charge >= 0.3 is 6.09 Å². The number of oxazole rings is 1. The SMILES string of the molecule is CC(C)(C)OC(=O)N1CCCC[C@@H]1c1cocn1. The van der Waals surface area contributed by atoms with E-state index in [1.165, 1.54) is 6.39 Å². The van der Waals surface area contributed by atoms with Crippen molar-refractivity contribution in [1.82, 2.24) is 9.88 Å². The number of likely N-dealkylation sites (tertiary alicyclic amines) is 1. The topological polar surface area (TPSA) is 55.6 Å². The highest BCUT2D eigenvalue weighted by atomic mass is 16.6. The summed E-state index contributed by atoms with van der Waals surface area (Å²) in [7, 11) is 0. The zero-order valence-corrected chi connectivity index (χ0v) is 11.2. The van der Waals surface area contributed by atoms with E-state index in [1.54, 1.807) is 11.2 Å². The fraction of sp³-hybridized carbons (Fsp3) is 0.692. The van der Waals surface area contributed by atoms with E-state index >= 15 is 0 Å². The maximum Gasteiger partial charge on any atom is 0.410 e. The fourth-order valence-corrected chi connectivity index (χ4v) is 2.16. The van der Waals surface area contributed by atoms with Crippen LogP contribution in [-0.4, -0.2) is 28.1 Å². The first kappa shape index (κ1) is 12.9. The summed E-state index contributed by atoms with van der Waals surface area (Å²) in [5.74, 6) is 0. The Morgan fingerprint density at radius 1 is 1.50 bits per heavy atom. The third-order valence-corrected chi connectivity index (χ3v) is 2.92. The van der Waals surface area contributed by atoms with Crippen molar-refractivity contribution in [2.24, 2.45) is 0 Å². The van der Waals surface area contributed by atoms with Crippen molar-refractivity contribution in [1.29, 1.82) is 0 Å². The lowest BCUT2D eigenvalue weighted by atomic mass is 10.0. The van der Waals surface area contributed by atoms with Gasteiger partial charge in [-0.15, -0.1) is 0 Å². The summed E-state index contributed by atoms with van der Waals surface area (Å²) in [6.45, 7) is 6.34. The van der Waals surface area contributed by atoms with E-state index < -0.39 is 5.60 Å². The Morgan fingerprint density at radius 2 is 2.28 bits per heavy atom. The van der Waals surface area contributed by atoms with Crippen LogP contribution in [0.5, 0.6) is 0 Å². The molecule has 5 nitrogen and oxygen atoms in total. The third kappa shape index (κ3) is 3.03. The molecule has 1 aliphatic rings. The Bertz CT molecular complexity index is 395. The molecule has 100 valence electrons. The highest BCUT2D eigenvalue weighted by Crippen LogP contribution is 2.31. The minimum atomic E-state index is -0.469. The molecule has 1 aliphatic heterocycles. The van der Waals surface area contributed by atoms with Crippen LogP contribution in [0.2, 0.25) is 0 Å². The van der Waals surface area contributed by atoms with E-state index in [1.807, 2.05) is 20.8 Å². The molecule has 18 heavy (non-hydrogen) atoms. The van der Waals surface area contributed by atoms with E-state index in [0.29, 0.717) is 6.54 Å². The summed E-state index contributed by atoms with van der Waals surface area (Å²) in [5.41, 5.74) is 0.337. The molecule has 2 heterocycles. The number of rotatable bonds is 1. The van der Waals surface area contributed by atoms with Gasteiger partial charge in [0.1, 0.15) is 17.6 Å². The first-order valence-corrected chi connectivity index (χ1v) is 6.35. The summed E-state index contributed by atoms with van der Waals surface area (Å²) in [6, 6.07) is -0.0210. The number of hydrogen-bond donors (Lipinski definition) is 0. The second kappa shape index (κ2) is 5.00. The summed E-state index contributed by atoms with van der Waals surface area (Å²) in [5, 5.41) is 0. The predicted molar refractivity (Wildman–Crippen MR) is 66.0 cm³/mol. The molecule has 0 spiro atoms. The van der Waals surface area contributed by atoms with Gasteiger partial charge in [-0.25, -0.2) is 9.78 Å². The number of hydrogen-bond acceptors (Lipinski definition) is 4. The molecule has 0 bridgehead atoms. The zero-order valence-electron chi connectivity index (χ0n) is 11.2. The number of amides is 1. The summed E-state index contributed by atoms with van der Waals surface area (Å²) < 4.78 is 10.4. The molecule has 0 saturated carbocycles. The van der Waals surface area contributed by atoms with Gasteiger partial charge in [-0.3, -0.25) is 4.90 Å². The molecule has 1 atom stereocenters. The molecular formula is C13H20N2O3. The minimum absolute atomic E-state index is 0.0210. The van der Waals surface area contributed by atoms with Crippen molar-refractivity contribution in [2.75, 3.05) is 6.54 Å². The van der Waals surface area contributed by atoms with Crippen molar-refractivity contribution < 1.29 is 13.9 Å². The van der Waals surface area contributed by atoms with Crippen LogP contribution in [0.15, 0.2) is 17.1 Å². The van der Waals surface area contributed by atoms with Gasteiger partial charge < -0.3 is 9.15 Å². The van der Waals surface area contributed by atoms with Crippen molar-refractivity contribution in [3.8, 4) is 0 Å². The normalized spacial score (nSPS) is 20.8. The largest absolute Gasteiger partial charge is 0.451 e. The highest BCUT2D eigenvalue weighted by Gasteiger charge is 2.32. The lowest BCUT2D eigenvalue weighted by Crippen LogP contribution is -2.41. The maximum atomic E-state index is 12.2. The molecule has 0 aliphatic carbocycles. The number of carbonyl (C=O) groups is 1. The maximum absolute atomic E-state index is 12.2. The van der Waals surface area contributed by atoms with E-state index in [-0.39, 0.29) is 12.1 Å². The number of aromatic nitrogens is 1. The minimum Gasteiger partial charge on any atom is -0.451 e. The smallest absolute Gasteiger partial charge is 0.410 e. The number of nitrogens with zero attached hydrogens (tertiary/aromatic N) is 2. The first-order valence-electron chi connectivity index (χ1n) is 6.35. The Kier molecular flexibility index (Phi) is 3.59. The monoisotopic (exact) mass is 252 g/mol. The first-order chi connectivity index (χ1) is 8.47. The van der Waals surface area contributed by atoms with Crippen LogP contribution >= 0.6 is 0 Å². The molecule has 0 N–H and O–H groups in total. The second-order valence-electron chi connectivity index (χ2n) is 5.60. The quantitative estimate of drug-likeness (QED) is 0.770. The Balaban J connectivity index is 2.11. The van der Waals surface area contributed by atoms with E-state index in [2.05, 4.69) is 4.98 Å². The van der Waals surface area contributed by atoms with Gasteiger partial charge in [0.05, 0.1) is 6.04 Å². The number of carbonyl (C=O) groups excluding carboxylic acids is 1.